The molecule has 16 heavy (non-hydrogen) atoms. The molecule has 1 aliphatic rings. The fraction of sp³-hybridized carbons (Fsp3) is 1.00. The Morgan fingerprint density at radius 2 is 1.69 bits per heavy atom. The van der Waals surface area contributed by atoms with Crippen molar-refractivity contribution in [2.75, 3.05) is 39.8 Å². The Morgan fingerprint density at radius 1 is 1.06 bits per heavy atom. The molecule has 0 aromatic carbocycles. The summed E-state index contributed by atoms with van der Waals surface area (Å²) in [7, 11) is 2.19. The summed E-state index contributed by atoms with van der Waals surface area (Å²) in [5.41, 5.74) is 0. The van der Waals surface area contributed by atoms with Crippen LogP contribution in [0, 0.1) is 0 Å². The molecule has 0 spiro atoms. The van der Waals surface area contributed by atoms with Crippen LogP contribution >= 0.6 is 0 Å². The maximum Gasteiger partial charge on any atom is 0.0540 e. The van der Waals surface area contributed by atoms with Crippen molar-refractivity contribution in [1.82, 2.24) is 9.80 Å². The highest BCUT2D eigenvalue weighted by Gasteiger charge is 2.13. The molecule has 1 unspecified atom stereocenters. The highest BCUT2D eigenvalue weighted by atomic mass is 16.3. The average Bonchev–Trinajstić information content (AvgIpc) is 2.29. The molecule has 1 heterocycles. The summed E-state index contributed by atoms with van der Waals surface area (Å²) in [6, 6.07) is 0. The standard InChI is InChI=1S/C13H28N2O/c1-3-4-6-13(16)7-5-8-15-11-9-14(2)10-12-15/h13,16H,3-12H2,1-2H3. The Morgan fingerprint density at radius 3 is 2.31 bits per heavy atom. The van der Waals surface area contributed by atoms with Crippen molar-refractivity contribution < 1.29 is 5.11 Å². The zero-order chi connectivity index (χ0) is 11.8. The number of hydrogen-bond acceptors (Lipinski definition) is 3. The first-order valence-electron chi connectivity index (χ1n) is 6.81. The number of aliphatic hydroxyl groups excluding tert-OH is 1. The Hall–Kier alpha value is -0.120. The fourth-order valence-electron chi connectivity index (χ4n) is 2.21. The van der Waals surface area contributed by atoms with Gasteiger partial charge in [0.1, 0.15) is 0 Å². The Balaban J connectivity index is 1.98. The third-order valence-electron chi connectivity index (χ3n) is 3.50. The van der Waals surface area contributed by atoms with E-state index < -0.39 is 0 Å². The molecule has 96 valence electrons. The summed E-state index contributed by atoms with van der Waals surface area (Å²) in [4.78, 5) is 4.90. The zero-order valence-electron chi connectivity index (χ0n) is 11.0. The second kappa shape index (κ2) is 8.04. The van der Waals surface area contributed by atoms with Crippen LogP contribution in [0.2, 0.25) is 0 Å². The summed E-state index contributed by atoms with van der Waals surface area (Å²) < 4.78 is 0. The number of hydrogen-bond donors (Lipinski definition) is 1. The van der Waals surface area contributed by atoms with Crippen LogP contribution in [-0.4, -0.2) is 60.8 Å². The highest BCUT2D eigenvalue weighted by Crippen LogP contribution is 2.08. The first-order valence-corrected chi connectivity index (χ1v) is 6.81. The van der Waals surface area contributed by atoms with Crippen LogP contribution in [0.15, 0.2) is 0 Å². The van der Waals surface area contributed by atoms with Crippen LogP contribution in [0.25, 0.3) is 0 Å². The number of aliphatic hydroxyl groups is 1. The van der Waals surface area contributed by atoms with Gasteiger partial charge in [-0.2, -0.15) is 0 Å². The molecule has 0 radical (unpaired) electrons. The molecule has 1 N–H and O–H groups in total. The Bertz CT molecular complexity index is 167. The molecule has 0 bridgehead atoms. The molecule has 0 amide bonds. The normalized spacial score (nSPS) is 21.2. The van der Waals surface area contributed by atoms with Gasteiger partial charge in [-0.1, -0.05) is 19.8 Å². The largest absolute Gasteiger partial charge is 0.393 e. The van der Waals surface area contributed by atoms with Gasteiger partial charge >= 0.3 is 0 Å². The molecule has 0 aromatic rings. The maximum absolute atomic E-state index is 9.73. The second-order valence-electron chi connectivity index (χ2n) is 5.08. The van der Waals surface area contributed by atoms with Crippen molar-refractivity contribution >= 4 is 0 Å². The lowest BCUT2D eigenvalue weighted by atomic mass is 10.1. The van der Waals surface area contributed by atoms with Gasteiger partial charge in [0.15, 0.2) is 0 Å². The number of unbranched alkanes of at least 4 members (excludes halogenated alkanes) is 1. The Kier molecular flexibility index (Phi) is 7.01. The predicted octanol–water partition coefficient (Wildman–Crippen LogP) is 1.57. The summed E-state index contributed by atoms with van der Waals surface area (Å²) in [6.45, 7) is 8.12. The molecule has 3 nitrogen and oxygen atoms in total. The third kappa shape index (κ3) is 5.83. The minimum Gasteiger partial charge on any atom is -0.393 e. The van der Waals surface area contributed by atoms with Crippen LogP contribution in [0.4, 0.5) is 0 Å². The zero-order valence-corrected chi connectivity index (χ0v) is 11.0. The van der Waals surface area contributed by atoms with Gasteiger partial charge in [-0.05, 0) is 32.9 Å². The molecule has 1 saturated heterocycles. The fourth-order valence-corrected chi connectivity index (χ4v) is 2.21. The molecule has 1 aliphatic heterocycles. The lowest BCUT2D eigenvalue weighted by Gasteiger charge is -2.32. The Labute approximate surface area is 100 Å². The van der Waals surface area contributed by atoms with E-state index in [1.807, 2.05) is 0 Å². The van der Waals surface area contributed by atoms with Crippen molar-refractivity contribution in [3.8, 4) is 0 Å². The van der Waals surface area contributed by atoms with Crippen LogP contribution in [-0.2, 0) is 0 Å². The van der Waals surface area contributed by atoms with Crippen molar-refractivity contribution in [1.29, 1.82) is 0 Å². The minimum absolute atomic E-state index is 0.0626. The van der Waals surface area contributed by atoms with Crippen LogP contribution in [0.1, 0.15) is 39.0 Å². The van der Waals surface area contributed by atoms with E-state index in [4.69, 9.17) is 0 Å². The molecule has 0 aliphatic carbocycles. The quantitative estimate of drug-likeness (QED) is 0.716. The van der Waals surface area contributed by atoms with Crippen molar-refractivity contribution in [3.05, 3.63) is 0 Å². The first-order chi connectivity index (χ1) is 7.72. The van der Waals surface area contributed by atoms with Crippen molar-refractivity contribution in [2.45, 2.75) is 45.1 Å². The van der Waals surface area contributed by atoms with E-state index in [9.17, 15) is 5.11 Å². The molecule has 0 aromatic heterocycles. The van der Waals surface area contributed by atoms with E-state index in [2.05, 4.69) is 23.8 Å². The van der Waals surface area contributed by atoms with Gasteiger partial charge < -0.3 is 14.9 Å². The molecule has 0 saturated carbocycles. The van der Waals surface area contributed by atoms with Gasteiger partial charge in [-0.25, -0.2) is 0 Å². The van der Waals surface area contributed by atoms with Crippen LogP contribution < -0.4 is 0 Å². The summed E-state index contributed by atoms with van der Waals surface area (Å²) >= 11 is 0. The molecule has 1 fully saturated rings. The lowest BCUT2D eigenvalue weighted by molar-refractivity contribution is 0.125. The summed E-state index contributed by atoms with van der Waals surface area (Å²) in [5.74, 6) is 0. The van der Waals surface area contributed by atoms with E-state index in [0.717, 1.165) is 32.2 Å². The molecular weight excluding hydrogens is 200 g/mol. The van der Waals surface area contributed by atoms with E-state index in [1.54, 1.807) is 0 Å². The van der Waals surface area contributed by atoms with Gasteiger partial charge in [0.25, 0.3) is 0 Å². The van der Waals surface area contributed by atoms with E-state index in [1.165, 1.54) is 32.6 Å². The number of piperazine rings is 1. The molecule has 1 rings (SSSR count). The first kappa shape index (κ1) is 13.9. The molecular formula is C13H28N2O. The van der Waals surface area contributed by atoms with E-state index in [0.29, 0.717) is 0 Å². The van der Waals surface area contributed by atoms with Gasteiger partial charge in [-0.3, -0.25) is 0 Å². The topological polar surface area (TPSA) is 26.7 Å². The third-order valence-corrected chi connectivity index (χ3v) is 3.50. The highest BCUT2D eigenvalue weighted by molar-refractivity contribution is 4.69. The second-order valence-corrected chi connectivity index (χ2v) is 5.08. The number of likely N-dealkylation sites (N-methyl/N-ethyl adjacent to an activating group) is 1. The van der Waals surface area contributed by atoms with E-state index >= 15 is 0 Å². The smallest absolute Gasteiger partial charge is 0.0540 e. The monoisotopic (exact) mass is 228 g/mol. The van der Waals surface area contributed by atoms with Crippen LogP contribution in [0.5, 0.6) is 0 Å². The van der Waals surface area contributed by atoms with Gasteiger partial charge in [0.05, 0.1) is 6.10 Å². The average molecular weight is 228 g/mol. The predicted molar refractivity (Wildman–Crippen MR) is 68.7 cm³/mol. The van der Waals surface area contributed by atoms with Crippen molar-refractivity contribution in [3.63, 3.8) is 0 Å². The SMILES string of the molecule is CCCCC(O)CCCN1CCN(C)CC1. The molecule has 3 heteroatoms. The summed E-state index contributed by atoms with van der Waals surface area (Å²) in [6.07, 6.45) is 5.40. The van der Waals surface area contributed by atoms with Gasteiger partial charge in [0.2, 0.25) is 0 Å². The summed E-state index contributed by atoms with van der Waals surface area (Å²) in [5, 5.41) is 9.73. The molecule has 1 atom stereocenters. The van der Waals surface area contributed by atoms with Gasteiger partial charge in [0, 0.05) is 26.2 Å². The minimum atomic E-state index is -0.0626. The van der Waals surface area contributed by atoms with E-state index in [-0.39, 0.29) is 6.10 Å². The lowest BCUT2D eigenvalue weighted by Crippen LogP contribution is -2.44. The number of nitrogens with zero attached hydrogens (tertiary/aromatic N) is 2. The van der Waals surface area contributed by atoms with Crippen LogP contribution in [0.3, 0.4) is 0 Å². The maximum atomic E-state index is 9.73. The van der Waals surface area contributed by atoms with Crippen molar-refractivity contribution in [2.24, 2.45) is 0 Å². The number of rotatable bonds is 7. The van der Waals surface area contributed by atoms with Gasteiger partial charge in [-0.15, -0.1) is 0 Å².